The molecule has 57 heavy (non-hydrogen) atoms. The smallest absolute Gasteiger partial charge is 0.410 e. The fraction of sp³-hybridized carbons (Fsp3) is 0.442. The molecule has 3 aromatic heterocycles. The van der Waals surface area contributed by atoms with Crippen molar-refractivity contribution in [2.24, 2.45) is 5.92 Å². The van der Waals surface area contributed by atoms with Crippen molar-refractivity contribution in [1.82, 2.24) is 29.7 Å². The lowest BCUT2D eigenvalue weighted by atomic mass is 9.79. The number of nitrogens with one attached hydrogen (secondary N) is 1. The quantitative estimate of drug-likeness (QED) is 0.148. The molecule has 5 fully saturated rings. The van der Waals surface area contributed by atoms with Crippen molar-refractivity contribution in [3.63, 3.8) is 0 Å². The van der Waals surface area contributed by atoms with Crippen LogP contribution in [0.3, 0.4) is 0 Å². The van der Waals surface area contributed by atoms with Crippen LogP contribution in [0.25, 0.3) is 32.9 Å². The predicted octanol–water partition coefficient (Wildman–Crippen LogP) is 8.51. The zero-order chi connectivity index (χ0) is 39.5. The van der Waals surface area contributed by atoms with Crippen LogP contribution in [0.15, 0.2) is 54.7 Å². The van der Waals surface area contributed by atoms with Crippen molar-refractivity contribution in [2.75, 3.05) is 33.8 Å². The molecule has 0 radical (unpaired) electrons. The van der Waals surface area contributed by atoms with E-state index in [4.69, 9.17) is 42.4 Å². The standard InChI is InChI=1S/C43H44Cl2FN7O4/c1-23(32-12-8-16-51(32)2)56-42-29-20-34(33-19-26(22-52(33)43(54)55-3)57-35-13-4-5-15-48-35)53(40-25-18-31(40)49-21-25)41(29)28-17-24(9-7-14-47)36(38(46)39(28)50-42)27-10-6-11-30(44)37(27)45/h4-6,10-11,13,15,17,20,23,25-26,31-33,40,49H,7-9,12,16,18-19,21-22H2,1-3H3. The number of nitrogens with zero attached hydrogens (tertiary/aromatic N) is 6. The molecule has 7 heterocycles. The van der Waals surface area contributed by atoms with E-state index in [1.54, 1.807) is 35.4 Å². The van der Waals surface area contributed by atoms with Crippen LogP contribution in [0.4, 0.5) is 9.18 Å². The first-order chi connectivity index (χ1) is 27.7. The maximum atomic E-state index is 17.7. The van der Waals surface area contributed by atoms with Crippen LogP contribution in [-0.2, 0) is 11.2 Å². The number of pyridine rings is 2. The van der Waals surface area contributed by atoms with Gasteiger partial charge in [-0.3, -0.25) is 9.80 Å². The summed E-state index contributed by atoms with van der Waals surface area (Å²) in [6.45, 7) is 4.15. The second-order valence-electron chi connectivity index (χ2n) is 15.8. The van der Waals surface area contributed by atoms with Gasteiger partial charge in [0.25, 0.3) is 0 Å². The van der Waals surface area contributed by atoms with Gasteiger partial charge in [0.2, 0.25) is 11.8 Å². The third-order valence-corrected chi connectivity index (χ3v) is 13.4. The number of fused-ring (bicyclic) bond motifs is 4. The summed E-state index contributed by atoms with van der Waals surface area (Å²) in [5, 5.41) is 15.3. The molecule has 4 saturated heterocycles. The Balaban J connectivity index is 1.31. The van der Waals surface area contributed by atoms with E-state index in [9.17, 15) is 10.1 Å². The summed E-state index contributed by atoms with van der Waals surface area (Å²) in [6, 6.07) is 16.8. The fourth-order valence-electron chi connectivity index (χ4n) is 9.86. The number of hydrogen-bond donors (Lipinski definition) is 1. The minimum atomic E-state index is -0.563. The summed E-state index contributed by atoms with van der Waals surface area (Å²) in [5.74, 6) is 0.555. The van der Waals surface area contributed by atoms with E-state index in [-0.39, 0.29) is 65.8 Å². The van der Waals surface area contributed by atoms with E-state index in [0.29, 0.717) is 45.6 Å². The highest BCUT2D eigenvalue weighted by atomic mass is 35.5. The number of carbonyl (C=O) groups is 1. The van der Waals surface area contributed by atoms with E-state index in [1.807, 2.05) is 25.1 Å². The zero-order valence-corrected chi connectivity index (χ0v) is 33.6. The number of hydrogen-bond acceptors (Lipinski definition) is 9. The zero-order valence-electron chi connectivity index (χ0n) is 32.1. The average molecular weight is 813 g/mol. The van der Waals surface area contributed by atoms with Crippen molar-refractivity contribution in [2.45, 2.75) is 81.8 Å². The Kier molecular flexibility index (Phi) is 10.1. The average Bonchev–Trinajstić information content (AvgIpc) is 4.06. The Morgan fingerprint density at radius 3 is 2.72 bits per heavy atom. The minimum Gasteiger partial charge on any atom is -0.472 e. The molecular formula is C43H44Cl2FN7O4. The molecule has 7 unspecified atom stereocenters. The molecule has 1 saturated carbocycles. The van der Waals surface area contributed by atoms with E-state index in [0.717, 1.165) is 48.9 Å². The molecule has 5 aromatic rings. The molecule has 4 aliphatic heterocycles. The number of halogens is 3. The third kappa shape index (κ3) is 6.53. The number of likely N-dealkylation sites (tertiary alicyclic amines) is 2. The van der Waals surface area contributed by atoms with E-state index < -0.39 is 18.0 Å². The van der Waals surface area contributed by atoms with Gasteiger partial charge in [-0.05, 0) is 81.9 Å². The Morgan fingerprint density at radius 1 is 1.16 bits per heavy atom. The second kappa shape index (κ2) is 15.3. The van der Waals surface area contributed by atoms with Crippen LogP contribution in [0.2, 0.25) is 10.0 Å². The van der Waals surface area contributed by atoms with Crippen LogP contribution in [0.1, 0.15) is 62.4 Å². The van der Waals surface area contributed by atoms with Gasteiger partial charge in [-0.15, -0.1) is 0 Å². The first-order valence-electron chi connectivity index (χ1n) is 19.7. The topological polar surface area (TPSA) is 118 Å². The highest BCUT2D eigenvalue weighted by molar-refractivity contribution is 6.43. The Labute approximate surface area is 340 Å². The number of likely N-dealkylation sites (N-methyl/N-ethyl adjacent to an activating group) is 1. The third-order valence-electron chi connectivity index (χ3n) is 12.6. The van der Waals surface area contributed by atoms with E-state index >= 15 is 4.39 Å². The molecular weight excluding hydrogens is 768 g/mol. The largest absolute Gasteiger partial charge is 0.472 e. The summed E-state index contributed by atoms with van der Waals surface area (Å²) in [5.41, 5.74) is 3.09. The number of methoxy groups -OCH3 is 1. The molecule has 296 valence electrons. The lowest BCUT2D eigenvalue weighted by molar-refractivity contribution is 0.111. The summed E-state index contributed by atoms with van der Waals surface area (Å²) in [6.07, 6.45) is 4.55. The van der Waals surface area contributed by atoms with Gasteiger partial charge in [-0.25, -0.2) is 19.2 Å². The van der Waals surface area contributed by atoms with Crippen LogP contribution in [-0.4, -0.2) is 88.5 Å². The van der Waals surface area contributed by atoms with Gasteiger partial charge in [0.1, 0.15) is 17.7 Å². The monoisotopic (exact) mass is 811 g/mol. The van der Waals surface area contributed by atoms with Crippen LogP contribution < -0.4 is 14.8 Å². The summed E-state index contributed by atoms with van der Waals surface area (Å²) in [7, 11) is 3.49. The number of aromatic nitrogens is 3. The van der Waals surface area contributed by atoms with Crippen molar-refractivity contribution in [3.8, 4) is 29.0 Å². The maximum Gasteiger partial charge on any atom is 0.410 e. The van der Waals surface area contributed by atoms with Gasteiger partial charge in [0.05, 0.1) is 52.8 Å². The van der Waals surface area contributed by atoms with Gasteiger partial charge in [-0.2, -0.15) is 5.26 Å². The summed E-state index contributed by atoms with van der Waals surface area (Å²) < 4.78 is 38.6. The number of rotatable bonds is 10. The van der Waals surface area contributed by atoms with Crippen molar-refractivity contribution in [1.29, 1.82) is 5.26 Å². The minimum absolute atomic E-state index is 0.0252. The lowest BCUT2D eigenvalue weighted by Crippen LogP contribution is -2.41. The molecule has 7 atom stereocenters. The summed E-state index contributed by atoms with van der Waals surface area (Å²) in [4.78, 5) is 27.1. The number of nitriles is 1. The van der Waals surface area contributed by atoms with Crippen molar-refractivity contribution >= 4 is 51.1 Å². The molecule has 1 N–H and O–H groups in total. The van der Waals surface area contributed by atoms with Gasteiger partial charge in [-0.1, -0.05) is 41.4 Å². The second-order valence-corrected chi connectivity index (χ2v) is 16.6. The number of benzene rings is 2. The molecule has 1 aliphatic carbocycles. The molecule has 10 rings (SSSR count). The maximum absolute atomic E-state index is 17.7. The van der Waals surface area contributed by atoms with Crippen LogP contribution in [0.5, 0.6) is 11.8 Å². The number of carbonyl (C=O) groups excluding carboxylic acids is 1. The highest BCUT2D eigenvalue weighted by Crippen LogP contribution is 2.52. The van der Waals surface area contributed by atoms with Crippen molar-refractivity contribution < 1.29 is 23.4 Å². The first kappa shape index (κ1) is 37.9. The molecule has 1 amide bonds. The Morgan fingerprint density at radius 2 is 2.02 bits per heavy atom. The van der Waals surface area contributed by atoms with E-state index in [2.05, 4.69) is 39.0 Å². The molecule has 5 aliphatic rings. The molecule has 11 nitrogen and oxygen atoms in total. The molecule has 2 bridgehead atoms. The Bertz CT molecular complexity index is 2390. The number of ether oxygens (including phenoxy) is 3. The SMILES string of the molecule is COC(=O)N1CC(Oc2ccccn2)CC1c1cc2c(OC(C)C3CCCN3C)nc3c(F)c(-c4cccc(Cl)c4Cl)c(CCC#N)cc3c2n1C1C2CNC1C2. The van der Waals surface area contributed by atoms with Gasteiger partial charge >= 0.3 is 6.09 Å². The summed E-state index contributed by atoms with van der Waals surface area (Å²) >= 11 is 13.3. The van der Waals surface area contributed by atoms with Crippen molar-refractivity contribution in [3.05, 3.63) is 81.8 Å². The predicted molar refractivity (Wildman–Crippen MR) is 216 cm³/mol. The lowest BCUT2D eigenvalue weighted by Gasteiger charge is -2.39. The van der Waals surface area contributed by atoms with E-state index in [1.165, 1.54) is 7.11 Å². The molecule has 0 spiro atoms. The highest BCUT2D eigenvalue weighted by Gasteiger charge is 2.51. The number of amides is 1. The molecule has 2 aromatic carbocycles. The fourth-order valence-corrected chi connectivity index (χ4v) is 10.3. The van der Waals surface area contributed by atoms with Crippen LogP contribution in [0, 0.1) is 23.1 Å². The normalized spacial score (nSPS) is 24.8. The number of aryl methyl sites for hydroxylation is 1. The Hall–Kier alpha value is -4.67. The van der Waals surface area contributed by atoms with Crippen LogP contribution >= 0.6 is 23.2 Å². The molecule has 14 heteroatoms. The van der Waals surface area contributed by atoms with Gasteiger partial charge < -0.3 is 24.1 Å². The van der Waals surface area contributed by atoms with Gasteiger partial charge in [0, 0.05) is 65.9 Å². The first-order valence-corrected chi connectivity index (χ1v) is 20.5. The van der Waals surface area contributed by atoms with Gasteiger partial charge in [0.15, 0.2) is 5.82 Å².